The second-order valence-electron chi connectivity index (χ2n) is 8.67. The van der Waals surface area contributed by atoms with Crippen molar-refractivity contribution < 1.29 is 24.2 Å². The summed E-state index contributed by atoms with van der Waals surface area (Å²) in [4.78, 5) is 37.1. The largest absolute Gasteiger partial charge is 0.507 e. The number of ether oxygens (including phenoxy) is 2. The third-order valence-corrected chi connectivity index (χ3v) is 7.23. The molecule has 1 fully saturated rings. The molecule has 5 rings (SSSR count). The molecule has 1 saturated heterocycles. The molecule has 3 heterocycles. The van der Waals surface area contributed by atoms with Crippen LogP contribution in [0.3, 0.4) is 0 Å². The van der Waals surface area contributed by atoms with Crippen molar-refractivity contribution in [2.75, 3.05) is 18.6 Å². The number of thiazole rings is 1. The number of carbonyl (C=O) groups is 2. The number of Topliss-reactive ketones (excluding diaryl/α,β-unsaturated/α-hetero) is 1. The van der Waals surface area contributed by atoms with E-state index in [1.807, 2.05) is 32.9 Å². The number of hydrogen-bond acceptors (Lipinski definition) is 8. The predicted molar refractivity (Wildman–Crippen MR) is 142 cm³/mol. The van der Waals surface area contributed by atoms with Gasteiger partial charge < -0.3 is 14.6 Å². The summed E-state index contributed by atoms with van der Waals surface area (Å²) in [7, 11) is 1.52. The highest BCUT2D eigenvalue weighted by atomic mass is 32.1. The molecule has 9 heteroatoms. The molecule has 1 N–H and O–H groups in total. The van der Waals surface area contributed by atoms with Crippen molar-refractivity contribution in [1.82, 2.24) is 9.97 Å². The van der Waals surface area contributed by atoms with E-state index in [2.05, 4.69) is 4.98 Å². The number of rotatable bonds is 6. The number of amides is 1. The third-order valence-electron chi connectivity index (χ3n) is 6.23. The van der Waals surface area contributed by atoms with Gasteiger partial charge in [0.2, 0.25) is 0 Å². The van der Waals surface area contributed by atoms with Gasteiger partial charge in [0, 0.05) is 18.0 Å². The first-order valence-corrected chi connectivity index (χ1v) is 12.6. The average molecular weight is 516 g/mol. The van der Waals surface area contributed by atoms with E-state index >= 15 is 0 Å². The summed E-state index contributed by atoms with van der Waals surface area (Å²) < 4.78 is 12.1. The van der Waals surface area contributed by atoms with Crippen LogP contribution in [-0.2, 0) is 9.59 Å². The van der Waals surface area contributed by atoms with E-state index in [0.29, 0.717) is 34.4 Å². The lowest BCUT2D eigenvalue weighted by Gasteiger charge is -2.24. The molecule has 0 spiro atoms. The van der Waals surface area contributed by atoms with Crippen LogP contribution in [0.5, 0.6) is 11.5 Å². The molecule has 4 aromatic rings. The van der Waals surface area contributed by atoms with Gasteiger partial charge in [-0.3, -0.25) is 19.5 Å². The zero-order valence-corrected chi connectivity index (χ0v) is 21.6. The Kier molecular flexibility index (Phi) is 6.39. The summed E-state index contributed by atoms with van der Waals surface area (Å²) in [6, 6.07) is 11.5. The smallest absolute Gasteiger partial charge is 0.301 e. The first-order valence-electron chi connectivity index (χ1n) is 11.7. The second-order valence-corrected chi connectivity index (χ2v) is 9.68. The zero-order chi connectivity index (χ0) is 26.3. The highest BCUT2D eigenvalue weighted by Crippen LogP contribution is 2.46. The molecule has 37 heavy (non-hydrogen) atoms. The molecule has 1 unspecified atom stereocenters. The van der Waals surface area contributed by atoms with Gasteiger partial charge in [-0.1, -0.05) is 23.5 Å². The molecule has 8 nitrogen and oxygen atoms in total. The van der Waals surface area contributed by atoms with Crippen LogP contribution in [0, 0.1) is 13.8 Å². The molecular formula is C28H25N3O5S. The number of pyridine rings is 1. The van der Waals surface area contributed by atoms with E-state index in [0.717, 1.165) is 21.3 Å². The van der Waals surface area contributed by atoms with Crippen LogP contribution < -0.4 is 14.4 Å². The first kappa shape index (κ1) is 24.5. The molecule has 2 aromatic carbocycles. The minimum Gasteiger partial charge on any atom is -0.507 e. The maximum atomic E-state index is 13.5. The molecule has 1 amide bonds. The topological polar surface area (TPSA) is 102 Å². The second kappa shape index (κ2) is 9.67. The maximum absolute atomic E-state index is 13.5. The standard InChI is InChI=1S/C28H25N3O5S/c1-5-36-19-7-6-18(14-20(19)35-4)24-22(25(32)17-8-10-29-11-9-17)26(33)27(34)31(24)28-30-23-16(3)12-15(2)13-21(23)37-28/h6-14,24,32H,5H2,1-4H3/b25-22+. The Labute approximate surface area is 217 Å². The quantitative estimate of drug-likeness (QED) is 0.210. The van der Waals surface area contributed by atoms with Crippen LogP contribution >= 0.6 is 11.3 Å². The van der Waals surface area contributed by atoms with Crippen molar-refractivity contribution in [3.8, 4) is 11.5 Å². The number of hydrogen-bond donors (Lipinski definition) is 1. The van der Waals surface area contributed by atoms with Crippen molar-refractivity contribution in [1.29, 1.82) is 0 Å². The number of ketones is 1. The average Bonchev–Trinajstić information content (AvgIpc) is 3.43. The fraction of sp³-hybridized carbons (Fsp3) is 0.214. The van der Waals surface area contributed by atoms with Crippen LogP contribution in [0.1, 0.15) is 35.2 Å². The molecule has 188 valence electrons. The van der Waals surface area contributed by atoms with Gasteiger partial charge in [0.05, 0.1) is 35.5 Å². The number of aliphatic hydroxyl groups is 1. The molecule has 0 bridgehead atoms. The van der Waals surface area contributed by atoms with Crippen LogP contribution in [0.4, 0.5) is 5.13 Å². The van der Waals surface area contributed by atoms with Gasteiger partial charge in [0.25, 0.3) is 5.78 Å². The highest BCUT2D eigenvalue weighted by Gasteiger charge is 2.48. The number of aryl methyl sites for hydroxylation is 2. The van der Waals surface area contributed by atoms with E-state index < -0.39 is 17.7 Å². The van der Waals surface area contributed by atoms with Gasteiger partial charge in [-0.25, -0.2) is 4.98 Å². The summed E-state index contributed by atoms with van der Waals surface area (Å²) in [5, 5.41) is 11.6. The van der Waals surface area contributed by atoms with E-state index in [9.17, 15) is 14.7 Å². The van der Waals surface area contributed by atoms with Crippen molar-refractivity contribution in [3.05, 3.63) is 82.7 Å². The van der Waals surface area contributed by atoms with E-state index in [1.54, 1.807) is 30.3 Å². The summed E-state index contributed by atoms with van der Waals surface area (Å²) in [6.45, 7) is 6.28. The summed E-state index contributed by atoms with van der Waals surface area (Å²) in [5.41, 5.74) is 3.74. The minimum absolute atomic E-state index is 0.0328. The van der Waals surface area contributed by atoms with E-state index in [-0.39, 0.29) is 11.3 Å². The van der Waals surface area contributed by atoms with Crippen molar-refractivity contribution in [3.63, 3.8) is 0 Å². The minimum atomic E-state index is -0.931. The number of aliphatic hydroxyl groups excluding tert-OH is 1. The number of methoxy groups -OCH3 is 1. The Morgan fingerprint density at radius 2 is 1.84 bits per heavy atom. The number of nitrogens with zero attached hydrogens (tertiary/aromatic N) is 3. The fourth-order valence-electron chi connectivity index (χ4n) is 4.60. The van der Waals surface area contributed by atoms with E-state index in [1.165, 1.54) is 35.7 Å². The number of aromatic nitrogens is 2. The Morgan fingerprint density at radius 1 is 1.08 bits per heavy atom. The summed E-state index contributed by atoms with van der Waals surface area (Å²) >= 11 is 1.33. The molecule has 0 aliphatic carbocycles. The number of carbonyl (C=O) groups excluding carboxylic acids is 2. The lowest BCUT2D eigenvalue weighted by atomic mass is 9.95. The van der Waals surface area contributed by atoms with Crippen LogP contribution in [-0.4, -0.2) is 40.5 Å². The Bertz CT molecular complexity index is 1560. The molecule has 0 radical (unpaired) electrons. The predicted octanol–water partition coefficient (Wildman–Crippen LogP) is 5.34. The van der Waals surface area contributed by atoms with Crippen LogP contribution in [0.15, 0.2) is 60.4 Å². The normalized spacial score (nSPS) is 17.0. The Morgan fingerprint density at radius 3 is 2.54 bits per heavy atom. The summed E-state index contributed by atoms with van der Waals surface area (Å²) in [6.07, 6.45) is 3.03. The van der Waals surface area contributed by atoms with Gasteiger partial charge >= 0.3 is 5.91 Å². The van der Waals surface area contributed by atoms with Crippen LogP contribution in [0.2, 0.25) is 0 Å². The van der Waals surface area contributed by atoms with Gasteiger partial charge in [0.15, 0.2) is 16.6 Å². The molecule has 1 aliphatic heterocycles. The zero-order valence-electron chi connectivity index (χ0n) is 20.8. The molecule has 1 atom stereocenters. The lowest BCUT2D eigenvalue weighted by molar-refractivity contribution is -0.132. The van der Waals surface area contributed by atoms with Gasteiger partial charge in [-0.15, -0.1) is 0 Å². The van der Waals surface area contributed by atoms with Gasteiger partial charge in [0.1, 0.15) is 5.76 Å². The van der Waals surface area contributed by atoms with Crippen molar-refractivity contribution in [2.45, 2.75) is 26.8 Å². The Balaban J connectivity index is 1.75. The SMILES string of the molecule is CCOc1ccc(C2/C(=C(\O)c3ccncc3)C(=O)C(=O)N2c2nc3c(C)cc(C)cc3s2)cc1OC. The monoisotopic (exact) mass is 515 g/mol. The third kappa shape index (κ3) is 4.21. The van der Waals surface area contributed by atoms with Crippen LogP contribution in [0.25, 0.3) is 16.0 Å². The summed E-state index contributed by atoms with van der Waals surface area (Å²) in [5.74, 6) is -0.856. The molecule has 1 aliphatic rings. The fourth-order valence-corrected chi connectivity index (χ4v) is 5.77. The molecule has 2 aromatic heterocycles. The number of anilines is 1. The van der Waals surface area contributed by atoms with Gasteiger partial charge in [-0.05, 0) is 67.8 Å². The number of benzene rings is 2. The van der Waals surface area contributed by atoms with E-state index in [4.69, 9.17) is 14.5 Å². The van der Waals surface area contributed by atoms with Crippen molar-refractivity contribution in [2.24, 2.45) is 0 Å². The Hall–Kier alpha value is -4.24. The lowest BCUT2D eigenvalue weighted by Crippen LogP contribution is -2.29. The first-order chi connectivity index (χ1) is 17.8. The highest BCUT2D eigenvalue weighted by molar-refractivity contribution is 7.22. The van der Waals surface area contributed by atoms with Gasteiger partial charge in [-0.2, -0.15) is 0 Å². The maximum Gasteiger partial charge on any atom is 0.301 e. The van der Waals surface area contributed by atoms with Crippen molar-refractivity contribution >= 4 is 44.1 Å². The number of fused-ring (bicyclic) bond motifs is 1. The molecular weight excluding hydrogens is 490 g/mol. The molecule has 0 saturated carbocycles.